The van der Waals surface area contributed by atoms with Crippen LogP contribution in [0.5, 0.6) is 0 Å². The first-order valence-corrected chi connectivity index (χ1v) is 9.46. The summed E-state index contributed by atoms with van der Waals surface area (Å²) in [6.07, 6.45) is 6.89. The monoisotopic (exact) mass is 353 g/mol. The SMILES string of the molecule is O=C1SC(=Cc2ccc(-c3ccccc3)o2)C(=O)N1C1CCCCC1. The largest absolute Gasteiger partial charge is 0.457 e. The molecule has 2 fully saturated rings. The van der Waals surface area contributed by atoms with E-state index < -0.39 is 0 Å². The Bertz CT molecular complexity index is 818. The van der Waals surface area contributed by atoms with Crippen LogP contribution < -0.4 is 0 Å². The molecule has 2 heterocycles. The van der Waals surface area contributed by atoms with Gasteiger partial charge in [0.25, 0.3) is 11.1 Å². The van der Waals surface area contributed by atoms with Crippen molar-refractivity contribution in [2.45, 2.75) is 38.1 Å². The Hall–Kier alpha value is -2.27. The zero-order valence-electron chi connectivity index (χ0n) is 13.8. The van der Waals surface area contributed by atoms with Crippen LogP contribution >= 0.6 is 11.8 Å². The minimum absolute atomic E-state index is 0.0589. The van der Waals surface area contributed by atoms with E-state index in [0.29, 0.717) is 10.7 Å². The fourth-order valence-electron chi connectivity index (χ4n) is 3.45. The predicted octanol–water partition coefficient (Wildman–Crippen LogP) is 5.32. The molecule has 4 rings (SSSR count). The van der Waals surface area contributed by atoms with Gasteiger partial charge < -0.3 is 4.42 Å². The molecule has 1 saturated heterocycles. The van der Waals surface area contributed by atoms with Gasteiger partial charge in [-0.25, -0.2) is 0 Å². The number of carbonyl (C=O) groups is 2. The molecule has 5 heteroatoms. The zero-order chi connectivity index (χ0) is 17.2. The van der Waals surface area contributed by atoms with Crippen LogP contribution in [0.4, 0.5) is 4.79 Å². The topological polar surface area (TPSA) is 50.5 Å². The van der Waals surface area contributed by atoms with Gasteiger partial charge in [-0.05, 0) is 36.7 Å². The number of carbonyl (C=O) groups excluding carboxylic acids is 2. The highest BCUT2D eigenvalue weighted by Crippen LogP contribution is 2.37. The van der Waals surface area contributed by atoms with E-state index in [0.717, 1.165) is 48.8 Å². The number of hydrogen-bond donors (Lipinski definition) is 0. The van der Waals surface area contributed by atoms with E-state index in [1.54, 1.807) is 6.08 Å². The molecule has 1 aromatic heterocycles. The van der Waals surface area contributed by atoms with Crippen LogP contribution in [-0.4, -0.2) is 22.1 Å². The third kappa shape index (κ3) is 3.29. The number of hydrogen-bond acceptors (Lipinski definition) is 4. The average molecular weight is 353 g/mol. The molecule has 25 heavy (non-hydrogen) atoms. The maximum Gasteiger partial charge on any atom is 0.293 e. The molecule has 0 spiro atoms. The number of nitrogens with zero attached hydrogens (tertiary/aromatic N) is 1. The summed E-state index contributed by atoms with van der Waals surface area (Å²) >= 11 is 1.01. The highest BCUT2D eigenvalue weighted by molar-refractivity contribution is 8.18. The summed E-state index contributed by atoms with van der Waals surface area (Å²) in [5, 5.41) is -0.155. The van der Waals surface area contributed by atoms with Gasteiger partial charge in [0, 0.05) is 17.7 Å². The third-order valence-electron chi connectivity index (χ3n) is 4.72. The Kier molecular flexibility index (Phi) is 4.49. The lowest BCUT2D eigenvalue weighted by Gasteiger charge is -2.28. The smallest absolute Gasteiger partial charge is 0.293 e. The molecule has 0 N–H and O–H groups in total. The maximum atomic E-state index is 12.7. The zero-order valence-corrected chi connectivity index (χ0v) is 14.6. The molecule has 0 radical (unpaired) electrons. The first-order chi connectivity index (χ1) is 12.2. The number of imide groups is 1. The number of amides is 2. The van der Waals surface area contributed by atoms with E-state index in [-0.39, 0.29) is 17.2 Å². The second kappa shape index (κ2) is 6.92. The van der Waals surface area contributed by atoms with Gasteiger partial charge in [-0.15, -0.1) is 0 Å². The molecule has 1 aromatic carbocycles. The van der Waals surface area contributed by atoms with Gasteiger partial charge >= 0.3 is 0 Å². The Labute approximate surface area is 150 Å². The molecule has 0 atom stereocenters. The summed E-state index contributed by atoms with van der Waals surface area (Å²) in [6, 6.07) is 13.6. The lowest BCUT2D eigenvalue weighted by Crippen LogP contribution is -2.39. The molecular formula is C20H19NO3S. The van der Waals surface area contributed by atoms with E-state index >= 15 is 0 Å². The molecule has 2 aliphatic rings. The first kappa shape index (κ1) is 16.2. The van der Waals surface area contributed by atoms with Crippen molar-refractivity contribution in [1.82, 2.24) is 4.90 Å². The molecule has 0 unspecified atom stereocenters. The molecule has 2 aromatic rings. The Balaban J connectivity index is 1.55. The fourth-order valence-corrected chi connectivity index (χ4v) is 4.33. The van der Waals surface area contributed by atoms with Gasteiger partial charge in [0.1, 0.15) is 11.5 Å². The van der Waals surface area contributed by atoms with Crippen molar-refractivity contribution >= 4 is 29.0 Å². The molecule has 1 saturated carbocycles. The standard InChI is InChI=1S/C20H19NO3S/c22-19-18(25-20(23)21(19)15-9-5-2-6-10-15)13-16-11-12-17(24-16)14-7-3-1-4-8-14/h1,3-4,7-8,11-13,15H,2,5-6,9-10H2. The van der Waals surface area contributed by atoms with Gasteiger partial charge in [0.2, 0.25) is 0 Å². The minimum Gasteiger partial charge on any atom is -0.457 e. The summed E-state index contributed by atoms with van der Waals surface area (Å²) in [5.74, 6) is 1.16. The van der Waals surface area contributed by atoms with Gasteiger partial charge in [-0.1, -0.05) is 49.6 Å². The normalized spacial score (nSPS) is 20.6. The van der Waals surface area contributed by atoms with E-state index in [2.05, 4.69) is 0 Å². The van der Waals surface area contributed by atoms with E-state index in [1.165, 1.54) is 11.3 Å². The summed E-state index contributed by atoms with van der Waals surface area (Å²) in [6.45, 7) is 0. The number of rotatable bonds is 3. The number of thioether (sulfide) groups is 1. The van der Waals surface area contributed by atoms with Gasteiger partial charge in [0.05, 0.1) is 4.91 Å². The van der Waals surface area contributed by atoms with Crippen LogP contribution in [-0.2, 0) is 4.79 Å². The molecule has 4 nitrogen and oxygen atoms in total. The highest BCUT2D eigenvalue weighted by atomic mass is 32.2. The summed E-state index contributed by atoms with van der Waals surface area (Å²) in [7, 11) is 0. The molecule has 1 aliphatic carbocycles. The number of furan rings is 1. The van der Waals surface area contributed by atoms with Gasteiger partial charge in [-0.3, -0.25) is 14.5 Å². The lowest BCUT2D eigenvalue weighted by atomic mass is 9.94. The molecular weight excluding hydrogens is 334 g/mol. The van der Waals surface area contributed by atoms with Crippen LogP contribution in [0.3, 0.4) is 0 Å². The second-order valence-corrected chi connectivity index (χ2v) is 7.40. The molecule has 1 aliphatic heterocycles. The maximum absolute atomic E-state index is 12.7. The van der Waals surface area contributed by atoms with Crippen molar-refractivity contribution < 1.29 is 14.0 Å². The highest BCUT2D eigenvalue weighted by Gasteiger charge is 2.40. The van der Waals surface area contributed by atoms with Crippen LogP contribution in [0.15, 0.2) is 51.8 Å². The van der Waals surface area contributed by atoms with E-state index in [1.807, 2.05) is 42.5 Å². The quantitative estimate of drug-likeness (QED) is 0.701. The van der Waals surface area contributed by atoms with Crippen molar-refractivity contribution in [3.63, 3.8) is 0 Å². The lowest BCUT2D eigenvalue weighted by molar-refractivity contribution is -0.124. The summed E-state index contributed by atoms with van der Waals surface area (Å²) < 4.78 is 5.82. The Morgan fingerprint density at radius 1 is 1.00 bits per heavy atom. The second-order valence-electron chi connectivity index (χ2n) is 6.41. The minimum atomic E-state index is -0.181. The third-order valence-corrected chi connectivity index (χ3v) is 5.61. The van der Waals surface area contributed by atoms with Crippen LogP contribution in [0, 0.1) is 0 Å². The average Bonchev–Trinajstić information content (AvgIpc) is 3.22. The van der Waals surface area contributed by atoms with Crippen molar-refractivity contribution in [2.75, 3.05) is 0 Å². The summed E-state index contributed by atoms with van der Waals surface area (Å²) in [5.41, 5.74) is 0.984. The van der Waals surface area contributed by atoms with Gasteiger partial charge in [0.15, 0.2) is 0 Å². The predicted molar refractivity (Wildman–Crippen MR) is 98.8 cm³/mol. The molecule has 128 valence electrons. The Morgan fingerprint density at radius 2 is 1.76 bits per heavy atom. The molecule has 2 amide bonds. The van der Waals surface area contributed by atoms with Crippen molar-refractivity contribution in [3.8, 4) is 11.3 Å². The van der Waals surface area contributed by atoms with E-state index in [9.17, 15) is 9.59 Å². The number of benzene rings is 1. The Morgan fingerprint density at radius 3 is 2.52 bits per heavy atom. The fraction of sp³-hybridized carbons (Fsp3) is 0.300. The van der Waals surface area contributed by atoms with E-state index in [4.69, 9.17) is 4.42 Å². The van der Waals surface area contributed by atoms with Crippen molar-refractivity contribution in [2.24, 2.45) is 0 Å². The van der Waals surface area contributed by atoms with Crippen LogP contribution in [0.25, 0.3) is 17.4 Å². The summed E-state index contributed by atoms with van der Waals surface area (Å²) in [4.78, 5) is 26.9. The first-order valence-electron chi connectivity index (χ1n) is 8.65. The van der Waals surface area contributed by atoms with Crippen LogP contribution in [0.2, 0.25) is 0 Å². The molecule has 0 bridgehead atoms. The van der Waals surface area contributed by atoms with Crippen molar-refractivity contribution in [3.05, 3.63) is 53.1 Å². The van der Waals surface area contributed by atoms with Crippen molar-refractivity contribution in [1.29, 1.82) is 0 Å². The van der Waals surface area contributed by atoms with Gasteiger partial charge in [-0.2, -0.15) is 0 Å². The van der Waals surface area contributed by atoms with Crippen LogP contribution in [0.1, 0.15) is 37.9 Å².